The highest BCUT2D eigenvalue weighted by molar-refractivity contribution is 7.90. The van der Waals surface area contributed by atoms with Crippen LogP contribution in [0.15, 0.2) is 30.5 Å². The Morgan fingerprint density at radius 2 is 1.93 bits per heavy atom. The van der Waals surface area contributed by atoms with Gasteiger partial charge in [-0.15, -0.1) is 5.10 Å². The van der Waals surface area contributed by atoms with Crippen molar-refractivity contribution in [3.8, 4) is 0 Å². The summed E-state index contributed by atoms with van der Waals surface area (Å²) in [6.07, 6.45) is 5.08. The third-order valence-electron chi connectivity index (χ3n) is 6.07. The van der Waals surface area contributed by atoms with Crippen molar-refractivity contribution in [3.05, 3.63) is 47.3 Å². The van der Waals surface area contributed by atoms with E-state index in [-0.39, 0.29) is 5.91 Å². The Morgan fingerprint density at radius 3 is 2.56 bits per heavy atom. The van der Waals surface area contributed by atoms with E-state index in [1.807, 2.05) is 29.2 Å². The van der Waals surface area contributed by atoms with Gasteiger partial charge in [0.2, 0.25) is 10.0 Å². The van der Waals surface area contributed by atoms with E-state index in [4.69, 9.17) is 5.14 Å². The average Bonchev–Trinajstić information content (AvgIpc) is 3.50. The molecule has 2 N–H and O–H groups in total. The van der Waals surface area contributed by atoms with E-state index in [2.05, 4.69) is 10.3 Å². The normalized spacial score (nSPS) is 21.7. The smallest absolute Gasteiger partial charge is 0.253 e. The van der Waals surface area contributed by atoms with Gasteiger partial charge in [-0.05, 0) is 43.4 Å². The first-order valence-corrected chi connectivity index (χ1v) is 10.7. The van der Waals surface area contributed by atoms with Crippen molar-refractivity contribution < 1.29 is 13.2 Å². The molecule has 0 atom stereocenters. The number of nitrogens with two attached hydrogens (primary N) is 1. The van der Waals surface area contributed by atoms with E-state index in [0.29, 0.717) is 36.1 Å². The number of hydrogen-bond acceptors (Lipinski definition) is 5. The molecule has 2 aromatic rings. The molecule has 2 saturated carbocycles. The number of sulfonamides is 1. The zero-order chi connectivity index (χ0) is 18.9. The van der Waals surface area contributed by atoms with Crippen LogP contribution in [0.5, 0.6) is 0 Å². The maximum Gasteiger partial charge on any atom is 0.253 e. The first kappa shape index (κ1) is 16.9. The van der Waals surface area contributed by atoms with Crippen LogP contribution in [-0.4, -0.2) is 47.3 Å². The highest BCUT2D eigenvalue weighted by Crippen LogP contribution is 2.53. The number of amides is 1. The summed E-state index contributed by atoms with van der Waals surface area (Å²) in [7, 11) is -3.70. The van der Waals surface area contributed by atoms with Crippen molar-refractivity contribution in [2.45, 2.75) is 37.0 Å². The number of carbonyl (C=O) groups excluding carboxylic acids is 1. The zero-order valence-electron chi connectivity index (χ0n) is 14.8. The molecule has 0 unspecified atom stereocenters. The van der Waals surface area contributed by atoms with Gasteiger partial charge in [0.15, 0.2) is 0 Å². The van der Waals surface area contributed by atoms with E-state index in [1.165, 1.54) is 12.8 Å². The summed E-state index contributed by atoms with van der Waals surface area (Å²) in [5, 5.41) is 13.4. The molecule has 3 fully saturated rings. The SMILES string of the molecule is NS(=O)(=O)C1(c2cn(Cc3cccc(C(=O)N4CC5(CC5)C4)c3)nn2)CC1. The van der Waals surface area contributed by atoms with E-state index >= 15 is 0 Å². The Morgan fingerprint density at radius 1 is 1.19 bits per heavy atom. The molecular formula is C18H21N5O3S. The third kappa shape index (κ3) is 2.76. The fourth-order valence-electron chi connectivity index (χ4n) is 3.96. The molecule has 0 radical (unpaired) electrons. The maximum absolute atomic E-state index is 12.6. The minimum Gasteiger partial charge on any atom is -0.337 e. The Bertz CT molecular complexity index is 1030. The number of primary sulfonamides is 1. The second-order valence-corrected chi connectivity index (χ2v) is 10.1. The molecule has 0 bridgehead atoms. The van der Waals surface area contributed by atoms with Crippen LogP contribution in [0.1, 0.15) is 47.3 Å². The number of hydrogen-bond donors (Lipinski definition) is 1. The first-order chi connectivity index (χ1) is 12.8. The Hall–Kier alpha value is -2.26. The minimum absolute atomic E-state index is 0.0693. The third-order valence-corrected chi connectivity index (χ3v) is 7.78. The maximum atomic E-state index is 12.6. The van der Waals surface area contributed by atoms with Crippen molar-refractivity contribution in [1.29, 1.82) is 0 Å². The topological polar surface area (TPSA) is 111 Å². The van der Waals surface area contributed by atoms with E-state index in [1.54, 1.807) is 10.9 Å². The number of nitrogens with zero attached hydrogens (tertiary/aromatic N) is 4. The van der Waals surface area contributed by atoms with Crippen LogP contribution in [0.25, 0.3) is 0 Å². The van der Waals surface area contributed by atoms with E-state index < -0.39 is 14.8 Å². The number of likely N-dealkylation sites (tertiary alicyclic amines) is 1. The second kappa shape index (κ2) is 5.39. The molecule has 27 heavy (non-hydrogen) atoms. The van der Waals surface area contributed by atoms with Crippen molar-refractivity contribution in [2.24, 2.45) is 10.6 Å². The van der Waals surface area contributed by atoms with Crippen molar-refractivity contribution in [2.75, 3.05) is 13.1 Å². The second-order valence-electron chi connectivity index (χ2n) is 8.20. The van der Waals surface area contributed by atoms with Crippen LogP contribution in [0.2, 0.25) is 0 Å². The van der Waals surface area contributed by atoms with E-state index in [0.717, 1.165) is 18.7 Å². The van der Waals surface area contributed by atoms with Crippen LogP contribution in [-0.2, 0) is 21.3 Å². The largest absolute Gasteiger partial charge is 0.337 e. The summed E-state index contributed by atoms with van der Waals surface area (Å²) in [4.78, 5) is 14.5. The molecule has 1 saturated heterocycles. The minimum atomic E-state index is -3.70. The molecule has 1 spiro atoms. The Kier molecular flexibility index (Phi) is 3.37. The summed E-state index contributed by atoms with van der Waals surface area (Å²) in [5.41, 5.74) is 2.42. The van der Waals surface area contributed by atoms with Crippen molar-refractivity contribution in [1.82, 2.24) is 19.9 Å². The summed E-state index contributed by atoms with van der Waals surface area (Å²) >= 11 is 0. The number of rotatable bonds is 5. The van der Waals surface area contributed by atoms with Gasteiger partial charge in [0, 0.05) is 24.1 Å². The zero-order valence-corrected chi connectivity index (χ0v) is 15.7. The van der Waals surface area contributed by atoms with E-state index in [9.17, 15) is 13.2 Å². The van der Waals surface area contributed by atoms with Gasteiger partial charge < -0.3 is 4.90 Å². The van der Waals surface area contributed by atoms with Gasteiger partial charge in [0.1, 0.15) is 10.4 Å². The summed E-state index contributed by atoms with van der Waals surface area (Å²) < 4.78 is 24.1. The molecule has 2 heterocycles. The van der Waals surface area contributed by atoms with Crippen molar-refractivity contribution in [3.63, 3.8) is 0 Å². The quantitative estimate of drug-likeness (QED) is 0.817. The van der Waals surface area contributed by atoms with Crippen LogP contribution in [0.3, 0.4) is 0 Å². The molecule has 3 aliphatic rings. The van der Waals surface area contributed by atoms with Gasteiger partial charge in [-0.3, -0.25) is 4.79 Å². The van der Waals surface area contributed by atoms with Gasteiger partial charge in [-0.1, -0.05) is 17.3 Å². The Labute approximate surface area is 157 Å². The molecule has 8 nitrogen and oxygen atoms in total. The summed E-state index contributed by atoms with van der Waals surface area (Å²) in [6, 6.07) is 7.48. The lowest BCUT2D eigenvalue weighted by atomic mass is 9.95. The predicted molar refractivity (Wildman–Crippen MR) is 97.2 cm³/mol. The molecule has 5 rings (SSSR count). The molecule has 9 heteroatoms. The highest BCUT2D eigenvalue weighted by atomic mass is 32.2. The molecule has 2 aliphatic carbocycles. The summed E-state index contributed by atoms with van der Waals surface area (Å²) in [5.74, 6) is 0.0693. The molecular weight excluding hydrogens is 366 g/mol. The Balaban J connectivity index is 1.31. The highest BCUT2D eigenvalue weighted by Gasteiger charge is 2.56. The lowest BCUT2D eigenvalue weighted by molar-refractivity contribution is 0.0443. The molecule has 1 aromatic heterocycles. The first-order valence-electron chi connectivity index (χ1n) is 9.12. The number of benzene rings is 1. The van der Waals surface area contributed by atoms with Crippen LogP contribution in [0.4, 0.5) is 0 Å². The molecule has 142 valence electrons. The average molecular weight is 387 g/mol. The van der Waals surface area contributed by atoms with Gasteiger partial charge in [0.05, 0.1) is 12.7 Å². The monoisotopic (exact) mass is 387 g/mol. The van der Waals surface area contributed by atoms with Crippen LogP contribution in [0, 0.1) is 5.41 Å². The fourth-order valence-corrected chi connectivity index (χ4v) is 5.01. The standard InChI is InChI=1S/C18H21N5O3S/c19-27(25,26)18(6-7-18)15-10-23(21-20-15)9-13-2-1-3-14(8-13)16(24)22-11-17(12-22)4-5-17/h1-3,8,10H,4-7,9,11-12H2,(H2,19,25,26). The molecule has 1 amide bonds. The van der Waals surface area contributed by atoms with Gasteiger partial charge in [0.25, 0.3) is 5.91 Å². The molecule has 1 aromatic carbocycles. The van der Waals surface area contributed by atoms with Crippen LogP contribution >= 0.6 is 0 Å². The van der Waals surface area contributed by atoms with Crippen molar-refractivity contribution >= 4 is 15.9 Å². The summed E-state index contributed by atoms with van der Waals surface area (Å²) in [6.45, 7) is 2.16. The lowest BCUT2D eigenvalue weighted by Gasteiger charge is -2.40. The van der Waals surface area contributed by atoms with Gasteiger partial charge >= 0.3 is 0 Å². The number of aromatic nitrogens is 3. The lowest BCUT2D eigenvalue weighted by Crippen LogP contribution is -2.51. The van der Waals surface area contributed by atoms with Gasteiger partial charge in [-0.2, -0.15) is 0 Å². The number of carbonyl (C=O) groups is 1. The van der Waals surface area contributed by atoms with Gasteiger partial charge in [-0.25, -0.2) is 18.2 Å². The fraction of sp³-hybridized carbons (Fsp3) is 0.500. The predicted octanol–water partition coefficient (Wildman–Crippen LogP) is 0.840. The van der Waals surface area contributed by atoms with Crippen LogP contribution < -0.4 is 5.14 Å². The molecule has 1 aliphatic heterocycles.